The van der Waals surface area contributed by atoms with Gasteiger partial charge in [-0.1, -0.05) is 60.3 Å². The first-order valence-electron chi connectivity index (χ1n) is 9.70. The minimum Gasteiger partial charge on any atom is -0.325 e. The molecule has 3 aromatic carbocycles. The third-order valence-electron chi connectivity index (χ3n) is 5.31. The van der Waals surface area contributed by atoms with Crippen molar-refractivity contribution in [2.75, 3.05) is 11.1 Å². The van der Waals surface area contributed by atoms with E-state index in [1.165, 1.54) is 11.8 Å². The van der Waals surface area contributed by atoms with Crippen molar-refractivity contribution in [1.29, 1.82) is 0 Å². The summed E-state index contributed by atoms with van der Waals surface area (Å²) in [6.45, 7) is 0. The Morgan fingerprint density at radius 1 is 0.903 bits per heavy atom. The van der Waals surface area contributed by atoms with E-state index < -0.39 is 0 Å². The lowest BCUT2D eigenvalue weighted by atomic mass is 9.83. The zero-order chi connectivity index (χ0) is 21.5. The van der Waals surface area contributed by atoms with Crippen LogP contribution in [0.3, 0.4) is 0 Å². The van der Waals surface area contributed by atoms with Gasteiger partial charge >= 0.3 is 0 Å². The van der Waals surface area contributed by atoms with Crippen LogP contribution in [0.25, 0.3) is 11.0 Å². The quantitative estimate of drug-likeness (QED) is 0.437. The third kappa shape index (κ3) is 3.23. The second-order valence-corrected chi connectivity index (χ2v) is 8.15. The predicted molar refractivity (Wildman–Crippen MR) is 120 cm³/mol. The van der Waals surface area contributed by atoms with E-state index in [1.807, 2.05) is 35.9 Å². The van der Waals surface area contributed by atoms with Crippen LogP contribution in [-0.4, -0.2) is 32.8 Å². The summed E-state index contributed by atoms with van der Waals surface area (Å²) < 4.78 is 1.94. The number of anilines is 1. The number of rotatable bonds is 4. The van der Waals surface area contributed by atoms with Gasteiger partial charge in [-0.25, -0.2) is 4.98 Å². The van der Waals surface area contributed by atoms with Gasteiger partial charge in [0.15, 0.2) is 16.7 Å². The van der Waals surface area contributed by atoms with E-state index in [1.54, 1.807) is 42.5 Å². The van der Waals surface area contributed by atoms with E-state index in [2.05, 4.69) is 10.3 Å². The van der Waals surface area contributed by atoms with Gasteiger partial charge in [0.1, 0.15) is 0 Å². The first-order chi connectivity index (χ1) is 15.0. The maximum Gasteiger partial charge on any atom is 0.234 e. The molecule has 1 aromatic heterocycles. The number of hydrogen-bond acceptors (Lipinski definition) is 5. The lowest BCUT2D eigenvalue weighted by Crippen LogP contribution is -2.24. The highest BCUT2D eigenvalue weighted by Gasteiger charge is 2.31. The summed E-state index contributed by atoms with van der Waals surface area (Å²) >= 11 is 1.32. The highest BCUT2D eigenvalue weighted by atomic mass is 32.2. The molecule has 0 bridgehead atoms. The molecule has 1 heterocycles. The van der Waals surface area contributed by atoms with E-state index >= 15 is 0 Å². The van der Waals surface area contributed by atoms with Crippen LogP contribution in [0.2, 0.25) is 0 Å². The number of nitrogens with one attached hydrogen (secondary N) is 1. The molecule has 0 spiro atoms. The fraction of sp³-hybridized carbons (Fsp3) is 0.0833. The number of amides is 1. The molecule has 31 heavy (non-hydrogen) atoms. The normalized spacial score (nSPS) is 12.5. The number of nitrogens with zero attached hydrogens (tertiary/aromatic N) is 2. The summed E-state index contributed by atoms with van der Waals surface area (Å²) in [5, 5.41) is 3.53. The van der Waals surface area contributed by atoms with Crippen molar-refractivity contribution in [1.82, 2.24) is 9.55 Å². The summed E-state index contributed by atoms with van der Waals surface area (Å²) in [4.78, 5) is 43.1. The largest absolute Gasteiger partial charge is 0.325 e. The molecular formula is C24H17N3O3S. The van der Waals surface area contributed by atoms with E-state index in [9.17, 15) is 14.4 Å². The Morgan fingerprint density at radius 3 is 2.35 bits per heavy atom. The molecule has 7 heteroatoms. The van der Waals surface area contributed by atoms with Crippen molar-refractivity contribution in [3.8, 4) is 0 Å². The van der Waals surface area contributed by atoms with E-state index in [-0.39, 0.29) is 28.8 Å². The number of ketones is 2. The predicted octanol–water partition coefficient (Wildman–Crippen LogP) is 4.08. The number of aryl methyl sites for hydroxylation is 1. The van der Waals surface area contributed by atoms with Gasteiger partial charge in [0.05, 0.1) is 28.0 Å². The highest BCUT2D eigenvalue weighted by Crippen LogP contribution is 2.32. The molecule has 152 valence electrons. The van der Waals surface area contributed by atoms with Gasteiger partial charge in [-0.2, -0.15) is 0 Å². The number of fused-ring (bicyclic) bond motifs is 3. The Bertz CT molecular complexity index is 1390. The van der Waals surface area contributed by atoms with Crippen molar-refractivity contribution in [3.05, 3.63) is 89.0 Å². The number of imidazole rings is 1. The van der Waals surface area contributed by atoms with Gasteiger partial charge in [0, 0.05) is 23.7 Å². The van der Waals surface area contributed by atoms with Crippen LogP contribution in [0, 0.1) is 0 Å². The Morgan fingerprint density at radius 2 is 1.58 bits per heavy atom. The molecule has 0 radical (unpaired) electrons. The number of hydrogen-bond donors (Lipinski definition) is 1. The first-order valence-corrected chi connectivity index (χ1v) is 10.7. The van der Waals surface area contributed by atoms with Crippen molar-refractivity contribution in [2.24, 2.45) is 7.05 Å². The second-order valence-electron chi connectivity index (χ2n) is 7.21. The highest BCUT2D eigenvalue weighted by molar-refractivity contribution is 7.99. The minimum atomic E-state index is -0.274. The fourth-order valence-electron chi connectivity index (χ4n) is 3.82. The summed E-state index contributed by atoms with van der Waals surface area (Å²) in [6, 6.07) is 19.5. The molecule has 5 rings (SSSR count). The molecule has 0 saturated heterocycles. The summed E-state index contributed by atoms with van der Waals surface area (Å²) in [5.74, 6) is -0.622. The van der Waals surface area contributed by atoms with Crippen molar-refractivity contribution in [3.63, 3.8) is 0 Å². The Labute approximate surface area is 182 Å². The van der Waals surface area contributed by atoms with E-state index in [0.717, 1.165) is 16.2 Å². The number of aromatic nitrogens is 2. The average molecular weight is 427 g/mol. The minimum absolute atomic E-state index is 0.125. The molecule has 1 aliphatic rings. The van der Waals surface area contributed by atoms with Gasteiger partial charge in [-0.05, 0) is 18.2 Å². The number of benzene rings is 3. The van der Waals surface area contributed by atoms with Crippen LogP contribution in [0.15, 0.2) is 71.9 Å². The van der Waals surface area contributed by atoms with Crippen LogP contribution in [0.5, 0.6) is 0 Å². The zero-order valence-electron chi connectivity index (χ0n) is 16.6. The van der Waals surface area contributed by atoms with Gasteiger partial charge in [0.2, 0.25) is 5.91 Å². The molecular weight excluding hydrogens is 410 g/mol. The molecule has 0 atom stereocenters. The number of para-hydroxylation sites is 2. The lowest BCUT2D eigenvalue weighted by molar-refractivity contribution is -0.113. The van der Waals surface area contributed by atoms with Gasteiger partial charge in [-0.15, -0.1) is 0 Å². The molecule has 1 N–H and O–H groups in total. The number of thioether (sulfide) groups is 1. The molecule has 0 fully saturated rings. The first kappa shape index (κ1) is 19.3. The Hall–Kier alpha value is -3.71. The van der Waals surface area contributed by atoms with Gasteiger partial charge < -0.3 is 9.88 Å². The van der Waals surface area contributed by atoms with Crippen molar-refractivity contribution < 1.29 is 14.4 Å². The number of carbonyl (C=O) groups is 3. The average Bonchev–Trinajstić information content (AvgIpc) is 3.12. The summed E-state index contributed by atoms with van der Waals surface area (Å²) in [7, 11) is 1.91. The van der Waals surface area contributed by atoms with Crippen LogP contribution in [0.4, 0.5) is 5.69 Å². The molecule has 6 nitrogen and oxygen atoms in total. The molecule has 0 saturated carbocycles. The Kier molecular flexibility index (Phi) is 4.67. The lowest BCUT2D eigenvalue weighted by Gasteiger charge is -2.20. The van der Waals surface area contributed by atoms with Crippen molar-refractivity contribution >= 4 is 46.0 Å². The monoisotopic (exact) mass is 427 g/mol. The van der Waals surface area contributed by atoms with E-state index in [0.29, 0.717) is 22.4 Å². The maximum atomic E-state index is 13.1. The Balaban J connectivity index is 1.38. The van der Waals surface area contributed by atoms with Crippen LogP contribution >= 0.6 is 11.8 Å². The molecule has 1 aliphatic carbocycles. The molecule has 0 aliphatic heterocycles. The third-order valence-corrected chi connectivity index (χ3v) is 6.33. The summed E-state index contributed by atoms with van der Waals surface area (Å²) in [6.07, 6.45) is 0. The SMILES string of the molecule is Cn1c(SCC(=O)Nc2cccc3c2C(=O)c2ccccc2C3=O)nc2ccccc21. The standard InChI is InChI=1S/C24H17N3O3S/c1-27-19-12-5-4-10-17(19)26-24(27)31-13-20(28)25-18-11-6-9-16-21(18)23(30)15-8-3-2-7-14(15)22(16)29/h2-12H,13H2,1H3,(H,25,28). The van der Waals surface area contributed by atoms with Crippen LogP contribution < -0.4 is 5.32 Å². The van der Waals surface area contributed by atoms with Gasteiger partial charge in [0.25, 0.3) is 0 Å². The van der Waals surface area contributed by atoms with Crippen LogP contribution in [0.1, 0.15) is 31.8 Å². The van der Waals surface area contributed by atoms with Crippen LogP contribution in [-0.2, 0) is 11.8 Å². The van der Waals surface area contributed by atoms with Gasteiger partial charge in [-0.3, -0.25) is 14.4 Å². The molecule has 1 amide bonds. The maximum absolute atomic E-state index is 13.1. The molecule has 0 unspecified atom stereocenters. The van der Waals surface area contributed by atoms with E-state index in [4.69, 9.17) is 0 Å². The van der Waals surface area contributed by atoms with Crippen molar-refractivity contribution in [2.45, 2.75) is 5.16 Å². The topological polar surface area (TPSA) is 81.1 Å². The fourth-order valence-corrected chi connectivity index (χ4v) is 4.61. The zero-order valence-corrected chi connectivity index (χ0v) is 17.4. The second kappa shape index (κ2) is 7.52. The molecule has 4 aromatic rings. The smallest absolute Gasteiger partial charge is 0.234 e. The summed E-state index contributed by atoms with van der Waals surface area (Å²) in [5.41, 5.74) is 3.51. The number of carbonyl (C=O) groups excluding carboxylic acids is 3.